The Morgan fingerprint density at radius 1 is 1.12 bits per heavy atom. The van der Waals surface area contributed by atoms with Crippen LogP contribution in [0.2, 0.25) is 0 Å². The molecule has 1 N–H and O–H groups in total. The van der Waals surface area contributed by atoms with Gasteiger partial charge in [-0.05, 0) is 39.2 Å². The van der Waals surface area contributed by atoms with Gasteiger partial charge in [0.25, 0.3) is 0 Å². The first kappa shape index (κ1) is 25.5. The monoisotopic (exact) mass is 467 g/mol. The molecule has 1 aliphatic carbocycles. The number of rotatable bonds is 8. The molecule has 10 nitrogen and oxygen atoms in total. The lowest BCUT2D eigenvalue weighted by Gasteiger charge is -2.42. The van der Waals surface area contributed by atoms with E-state index in [4.69, 9.17) is 18.9 Å². The molecule has 3 atom stereocenters. The summed E-state index contributed by atoms with van der Waals surface area (Å²) in [5, 5.41) is 3.04. The summed E-state index contributed by atoms with van der Waals surface area (Å²) in [5.74, 6) is -0.361. The lowest BCUT2D eigenvalue weighted by Crippen LogP contribution is -2.55. The van der Waals surface area contributed by atoms with Crippen LogP contribution in [0.1, 0.15) is 39.5 Å². The molecule has 0 aromatic heterocycles. The Morgan fingerprint density at radius 3 is 2.64 bits per heavy atom. The van der Waals surface area contributed by atoms with Crippen molar-refractivity contribution in [1.29, 1.82) is 0 Å². The van der Waals surface area contributed by atoms with Crippen molar-refractivity contribution in [3.05, 3.63) is 11.6 Å². The number of esters is 1. The standard InChI is InChI=1S/C23H37N3O7/c1-3-31-22(28)18-6-7-20(24-17(2)27)21(15-18)26-8-4-5-19(16-26)32-13-14-33-23(29)25-9-11-30-12-10-25/h15,19-21H,3-14,16H2,1-2H3,(H,24,27)/t19-,20+,21+/m0/s1. The molecule has 3 rings (SSSR count). The van der Waals surface area contributed by atoms with E-state index in [-0.39, 0.29) is 42.8 Å². The predicted molar refractivity (Wildman–Crippen MR) is 120 cm³/mol. The van der Waals surface area contributed by atoms with E-state index in [0.29, 0.717) is 64.5 Å². The number of nitrogens with zero attached hydrogens (tertiary/aromatic N) is 2. The van der Waals surface area contributed by atoms with Crippen LogP contribution < -0.4 is 5.32 Å². The van der Waals surface area contributed by atoms with Crippen LogP contribution in [0.3, 0.4) is 0 Å². The number of hydrogen-bond donors (Lipinski definition) is 1. The van der Waals surface area contributed by atoms with Gasteiger partial charge in [-0.3, -0.25) is 9.69 Å². The van der Waals surface area contributed by atoms with Gasteiger partial charge in [0.05, 0.1) is 32.5 Å². The second kappa shape index (κ2) is 12.9. The van der Waals surface area contributed by atoms with Crippen molar-refractivity contribution in [3.8, 4) is 0 Å². The molecule has 2 aliphatic heterocycles. The number of likely N-dealkylation sites (tertiary alicyclic amines) is 1. The minimum atomic E-state index is -0.329. The number of ether oxygens (including phenoxy) is 4. The zero-order valence-electron chi connectivity index (χ0n) is 19.8. The minimum absolute atomic E-state index is 0.000173. The highest BCUT2D eigenvalue weighted by Crippen LogP contribution is 2.27. The molecule has 186 valence electrons. The van der Waals surface area contributed by atoms with E-state index < -0.39 is 0 Å². The highest BCUT2D eigenvalue weighted by Gasteiger charge is 2.35. The molecule has 2 heterocycles. The molecular formula is C23H37N3O7. The van der Waals surface area contributed by atoms with Crippen molar-refractivity contribution in [2.24, 2.45) is 0 Å². The summed E-state index contributed by atoms with van der Waals surface area (Å²) in [5.41, 5.74) is 0.668. The highest BCUT2D eigenvalue weighted by atomic mass is 16.6. The Labute approximate surface area is 195 Å². The molecule has 0 bridgehead atoms. The van der Waals surface area contributed by atoms with E-state index in [9.17, 15) is 14.4 Å². The molecule has 0 unspecified atom stereocenters. The smallest absolute Gasteiger partial charge is 0.409 e. The van der Waals surface area contributed by atoms with E-state index in [2.05, 4.69) is 10.2 Å². The summed E-state index contributed by atoms with van der Waals surface area (Å²) >= 11 is 0. The van der Waals surface area contributed by atoms with Crippen molar-refractivity contribution in [1.82, 2.24) is 15.1 Å². The summed E-state index contributed by atoms with van der Waals surface area (Å²) in [6.45, 7) is 7.91. The maximum Gasteiger partial charge on any atom is 0.409 e. The lowest BCUT2D eigenvalue weighted by atomic mass is 9.88. The van der Waals surface area contributed by atoms with E-state index in [1.54, 1.807) is 11.8 Å². The first-order valence-corrected chi connectivity index (χ1v) is 12.0. The highest BCUT2D eigenvalue weighted by molar-refractivity contribution is 5.89. The molecule has 3 aliphatic rings. The largest absolute Gasteiger partial charge is 0.463 e. The number of piperidine rings is 1. The maximum absolute atomic E-state index is 12.3. The fourth-order valence-corrected chi connectivity index (χ4v) is 4.61. The topological polar surface area (TPSA) is 107 Å². The van der Waals surface area contributed by atoms with Gasteiger partial charge in [0.2, 0.25) is 5.91 Å². The van der Waals surface area contributed by atoms with Crippen LogP contribution in [-0.4, -0.2) is 105 Å². The third-order valence-corrected chi connectivity index (χ3v) is 6.20. The normalized spacial score (nSPS) is 26.3. The van der Waals surface area contributed by atoms with Gasteiger partial charge in [-0.2, -0.15) is 0 Å². The third-order valence-electron chi connectivity index (χ3n) is 6.20. The molecule has 0 radical (unpaired) electrons. The van der Waals surface area contributed by atoms with Gasteiger partial charge in [-0.1, -0.05) is 6.08 Å². The van der Waals surface area contributed by atoms with Crippen molar-refractivity contribution in [2.75, 3.05) is 59.2 Å². The molecule has 2 amide bonds. The Balaban J connectivity index is 1.51. The summed E-state index contributed by atoms with van der Waals surface area (Å²) in [6, 6.07) is -0.151. The molecule has 2 fully saturated rings. The molecule has 0 aromatic rings. The van der Waals surface area contributed by atoms with Gasteiger partial charge in [-0.25, -0.2) is 9.59 Å². The molecule has 0 aromatic carbocycles. The fraction of sp³-hybridized carbons (Fsp3) is 0.783. The molecular weight excluding hydrogens is 430 g/mol. The Bertz CT molecular complexity index is 708. The summed E-state index contributed by atoms with van der Waals surface area (Å²) in [4.78, 5) is 40.0. The molecule has 10 heteroatoms. The minimum Gasteiger partial charge on any atom is -0.463 e. The number of amides is 2. The number of hydrogen-bond acceptors (Lipinski definition) is 8. The summed E-state index contributed by atoms with van der Waals surface area (Å²) < 4.78 is 21.8. The van der Waals surface area contributed by atoms with Crippen molar-refractivity contribution in [3.63, 3.8) is 0 Å². The van der Waals surface area contributed by atoms with Crippen molar-refractivity contribution < 1.29 is 33.3 Å². The molecule has 0 spiro atoms. The third kappa shape index (κ3) is 7.68. The fourth-order valence-electron chi connectivity index (χ4n) is 4.61. The van der Waals surface area contributed by atoms with E-state index in [1.807, 2.05) is 6.08 Å². The van der Waals surface area contributed by atoms with Crippen LogP contribution in [-0.2, 0) is 28.5 Å². The first-order chi connectivity index (χ1) is 16.0. The van der Waals surface area contributed by atoms with Gasteiger partial charge < -0.3 is 29.2 Å². The first-order valence-electron chi connectivity index (χ1n) is 12.0. The molecule has 33 heavy (non-hydrogen) atoms. The second-order valence-electron chi connectivity index (χ2n) is 8.59. The van der Waals surface area contributed by atoms with Gasteiger partial charge in [0.15, 0.2) is 0 Å². The van der Waals surface area contributed by atoms with Crippen LogP contribution >= 0.6 is 0 Å². The van der Waals surface area contributed by atoms with Crippen LogP contribution in [0.25, 0.3) is 0 Å². The second-order valence-corrected chi connectivity index (χ2v) is 8.59. The van der Waals surface area contributed by atoms with Crippen LogP contribution in [0.15, 0.2) is 11.6 Å². The molecule has 0 saturated carbocycles. The van der Waals surface area contributed by atoms with Gasteiger partial charge in [0.1, 0.15) is 6.61 Å². The van der Waals surface area contributed by atoms with Gasteiger partial charge in [-0.15, -0.1) is 0 Å². The quantitative estimate of drug-likeness (QED) is 0.418. The van der Waals surface area contributed by atoms with Crippen molar-refractivity contribution in [2.45, 2.75) is 57.7 Å². The van der Waals surface area contributed by atoms with Gasteiger partial charge >= 0.3 is 12.1 Å². The molecule has 2 saturated heterocycles. The maximum atomic E-state index is 12.3. The lowest BCUT2D eigenvalue weighted by molar-refractivity contribution is -0.138. The Kier molecular flexibility index (Phi) is 9.95. The van der Waals surface area contributed by atoms with E-state index in [0.717, 1.165) is 19.4 Å². The predicted octanol–water partition coefficient (Wildman–Crippen LogP) is 1.09. The van der Waals surface area contributed by atoms with Crippen LogP contribution in [0.5, 0.6) is 0 Å². The Morgan fingerprint density at radius 2 is 1.91 bits per heavy atom. The summed E-state index contributed by atoms with van der Waals surface area (Å²) in [6.07, 6.45) is 4.76. The Hall–Kier alpha value is -2.17. The van der Waals surface area contributed by atoms with Gasteiger partial charge in [0, 0.05) is 44.2 Å². The van der Waals surface area contributed by atoms with E-state index >= 15 is 0 Å². The number of nitrogens with one attached hydrogen (secondary N) is 1. The number of carbonyl (C=O) groups is 3. The average molecular weight is 468 g/mol. The van der Waals surface area contributed by atoms with Crippen LogP contribution in [0.4, 0.5) is 4.79 Å². The number of carbonyl (C=O) groups excluding carboxylic acids is 3. The van der Waals surface area contributed by atoms with E-state index in [1.165, 1.54) is 6.92 Å². The van der Waals surface area contributed by atoms with Crippen LogP contribution in [0, 0.1) is 0 Å². The number of morpholine rings is 1. The zero-order valence-corrected chi connectivity index (χ0v) is 19.8. The average Bonchev–Trinajstić information content (AvgIpc) is 2.82. The summed E-state index contributed by atoms with van der Waals surface area (Å²) in [7, 11) is 0. The SMILES string of the molecule is CCOC(=O)C1=C[C@@H](N2CCC[C@H](OCCOC(=O)N3CCOCC3)C2)[C@H](NC(C)=O)CC1. The van der Waals surface area contributed by atoms with Crippen molar-refractivity contribution >= 4 is 18.0 Å². The zero-order chi connectivity index (χ0) is 23.6.